The third-order valence-electron chi connectivity index (χ3n) is 5.51. The monoisotopic (exact) mass is 440 g/mol. The van der Waals surface area contributed by atoms with E-state index in [4.69, 9.17) is 0 Å². The van der Waals surface area contributed by atoms with Gasteiger partial charge in [0.25, 0.3) is 0 Å². The zero-order valence-corrected chi connectivity index (χ0v) is 19.1. The Labute approximate surface area is 200 Å². The highest BCUT2D eigenvalue weighted by molar-refractivity contribution is 8.16. The van der Waals surface area contributed by atoms with E-state index < -0.39 is 0 Å². The van der Waals surface area contributed by atoms with Crippen LogP contribution in [-0.2, 0) is 0 Å². The number of benzene rings is 4. The summed E-state index contributed by atoms with van der Waals surface area (Å²) in [6, 6.07) is 42.4. The Balaban J connectivity index is 1.69. The molecule has 0 unspecified atom stereocenters. The molecule has 5 rings (SSSR count). The molecule has 1 aliphatic rings. The molecule has 0 aromatic heterocycles. The summed E-state index contributed by atoms with van der Waals surface area (Å²) >= 11 is 1.84. The minimum atomic E-state index is 1.19. The van der Waals surface area contributed by atoms with Crippen LogP contribution >= 0.6 is 11.8 Å². The lowest BCUT2D eigenvalue weighted by atomic mass is 9.97. The number of allylic oxidation sites excluding steroid dienone is 4. The largest absolute Gasteiger partial charge is 0.0882 e. The lowest BCUT2D eigenvalue weighted by Crippen LogP contribution is -1.98. The second kappa shape index (κ2) is 10.2. The Kier molecular flexibility index (Phi) is 6.51. The molecule has 0 nitrogen and oxygen atoms in total. The van der Waals surface area contributed by atoms with Crippen LogP contribution in [0.1, 0.15) is 22.3 Å². The van der Waals surface area contributed by atoms with Crippen molar-refractivity contribution in [2.45, 2.75) is 0 Å². The topological polar surface area (TPSA) is 0 Å². The summed E-state index contributed by atoms with van der Waals surface area (Å²) in [5.41, 5.74) is 7.31. The number of hydrogen-bond donors (Lipinski definition) is 0. The molecule has 4 aromatic carbocycles. The molecular weight excluding hydrogens is 416 g/mol. The zero-order valence-electron chi connectivity index (χ0n) is 18.3. The van der Waals surface area contributed by atoms with Gasteiger partial charge in [0.1, 0.15) is 0 Å². The molecule has 33 heavy (non-hydrogen) atoms. The van der Waals surface area contributed by atoms with Gasteiger partial charge in [-0.1, -0.05) is 145 Å². The lowest BCUT2D eigenvalue weighted by Gasteiger charge is -2.22. The highest BCUT2D eigenvalue weighted by atomic mass is 32.2. The molecular formula is C32H24S. The van der Waals surface area contributed by atoms with Crippen LogP contribution in [0.15, 0.2) is 145 Å². The van der Waals surface area contributed by atoms with E-state index in [1.165, 1.54) is 43.2 Å². The minimum Gasteiger partial charge on any atom is -0.0882 e. The lowest BCUT2D eigenvalue weighted by molar-refractivity contribution is 1.54. The predicted molar refractivity (Wildman–Crippen MR) is 145 cm³/mol. The van der Waals surface area contributed by atoms with Crippen LogP contribution < -0.4 is 0 Å². The fraction of sp³-hybridized carbons (Fsp3) is 0. The summed E-state index contributed by atoms with van der Waals surface area (Å²) in [4.78, 5) is 2.53. The van der Waals surface area contributed by atoms with E-state index in [9.17, 15) is 0 Å². The van der Waals surface area contributed by atoms with E-state index in [1.54, 1.807) is 0 Å². The zero-order chi connectivity index (χ0) is 22.3. The van der Waals surface area contributed by atoms with Gasteiger partial charge in [-0.05, 0) is 45.6 Å². The van der Waals surface area contributed by atoms with E-state index in [0.717, 1.165) is 0 Å². The van der Waals surface area contributed by atoms with Gasteiger partial charge in [-0.15, -0.1) is 0 Å². The highest BCUT2D eigenvalue weighted by Crippen LogP contribution is 2.48. The maximum absolute atomic E-state index is 2.32. The third kappa shape index (κ3) is 5.16. The van der Waals surface area contributed by atoms with Crippen molar-refractivity contribution in [1.82, 2.24) is 0 Å². The summed E-state index contributed by atoms with van der Waals surface area (Å²) in [6.45, 7) is 0. The highest BCUT2D eigenvalue weighted by Gasteiger charge is 2.20. The first kappa shape index (κ1) is 21.1. The summed E-state index contributed by atoms with van der Waals surface area (Å²) in [7, 11) is 0. The molecule has 0 bridgehead atoms. The average Bonchev–Trinajstić information content (AvgIpc) is 2.90. The Bertz CT molecular complexity index is 1330. The molecule has 158 valence electrons. The van der Waals surface area contributed by atoms with Gasteiger partial charge >= 0.3 is 0 Å². The summed E-state index contributed by atoms with van der Waals surface area (Å²) in [5.74, 6) is 0. The second-order valence-electron chi connectivity index (χ2n) is 7.84. The first-order valence-electron chi connectivity index (χ1n) is 11.1. The average molecular weight is 441 g/mol. The molecule has 1 aliphatic heterocycles. The van der Waals surface area contributed by atoms with Crippen molar-refractivity contribution in [3.8, 4) is 0 Å². The molecule has 0 atom stereocenters. The molecule has 0 fully saturated rings. The molecule has 4 aromatic rings. The number of thioether (sulfide) groups is 1. The van der Waals surface area contributed by atoms with Crippen LogP contribution in [0.2, 0.25) is 0 Å². The first-order valence-corrected chi connectivity index (χ1v) is 11.9. The van der Waals surface area contributed by atoms with Crippen LogP contribution in [0.4, 0.5) is 0 Å². The van der Waals surface area contributed by atoms with Crippen LogP contribution in [0.3, 0.4) is 0 Å². The molecule has 0 radical (unpaired) electrons. The van der Waals surface area contributed by atoms with E-state index in [1.807, 2.05) is 11.8 Å². The normalized spacial score (nSPS) is 15.2. The van der Waals surface area contributed by atoms with Crippen molar-refractivity contribution in [3.05, 3.63) is 167 Å². The molecule has 0 saturated heterocycles. The van der Waals surface area contributed by atoms with Crippen LogP contribution in [-0.4, -0.2) is 0 Å². The third-order valence-corrected chi connectivity index (χ3v) is 6.75. The number of hydrogen-bond acceptors (Lipinski definition) is 1. The summed E-state index contributed by atoms with van der Waals surface area (Å²) < 4.78 is 0. The fourth-order valence-corrected chi connectivity index (χ4v) is 5.07. The van der Waals surface area contributed by atoms with Gasteiger partial charge in [0.05, 0.1) is 0 Å². The smallest absolute Gasteiger partial charge is 0.0273 e. The van der Waals surface area contributed by atoms with Gasteiger partial charge < -0.3 is 0 Å². The van der Waals surface area contributed by atoms with Crippen LogP contribution in [0.5, 0.6) is 0 Å². The molecule has 0 amide bonds. The summed E-state index contributed by atoms with van der Waals surface area (Å²) in [5, 5.41) is 0. The Hall–Kier alpha value is -3.81. The maximum atomic E-state index is 2.32. The molecule has 1 heteroatoms. The molecule has 0 spiro atoms. The van der Waals surface area contributed by atoms with E-state index in [0.29, 0.717) is 0 Å². The standard InChI is InChI=1S/C32H24S/c1-5-13-25(14-6-1)21-22-30-29(23-26-15-7-2-8-16-26)24-31(27-17-9-3-10-18-27)33-32(30)28-19-11-4-12-20-28/h1-24H/b22-21+,29-23+. The van der Waals surface area contributed by atoms with Gasteiger partial charge in [0, 0.05) is 9.81 Å². The molecule has 0 aliphatic carbocycles. The second-order valence-corrected chi connectivity index (χ2v) is 8.89. The van der Waals surface area contributed by atoms with Gasteiger partial charge in [0.2, 0.25) is 0 Å². The Morgan fingerprint density at radius 3 is 1.61 bits per heavy atom. The molecule has 0 N–H and O–H groups in total. The van der Waals surface area contributed by atoms with Crippen molar-refractivity contribution in [1.29, 1.82) is 0 Å². The van der Waals surface area contributed by atoms with Crippen LogP contribution in [0.25, 0.3) is 22.0 Å². The first-order chi connectivity index (χ1) is 16.4. The van der Waals surface area contributed by atoms with Gasteiger partial charge in [-0.2, -0.15) is 0 Å². The van der Waals surface area contributed by atoms with Gasteiger partial charge in [-0.25, -0.2) is 0 Å². The number of rotatable bonds is 5. The van der Waals surface area contributed by atoms with Crippen molar-refractivity contribution >= 4 is 33.7 Å². The van der Waals surface area contributed by atoms with Gasteiger partial charge in [-0.3, -0.25) is 0 Å². The van der Waals surface area contributed by atoms with Gasteiger partial charge in [0.15, 0.2) is 0 Å². The van der Waals surface area contributed by atoms with Crippen molar-refractivity contribution in [2.75, 3.05) is 0 Å². The maximum Gasteiger partial charge on any atom is 0.0273 e. The van der Waals surface area contributed by atoms with Crippen molar-refractivity contribution in [2.24, 2.45) is 0 Å². The Morgan fingerprint density at radius 2 is 1.00 bits per heavy atom. The van der Waals surface area contributed by atoms with Crippen molar-refractivity contribution in [3.63, 3.8) is 0 Å². The van der Waals surface area contributed by atoms with E-state index in [-0.39, 0.29) is 0 Å². The summed E-state index contributed by atoms with van der Waals surface area (Å²) in [6.07, 6.45) is 9.08. The SMILES string of the molecule is C1=C(c2ccccc2)SC(c2ccccc2)=C(/C=C/c2ccccc2)/C1=C/c1ccccc1. The molecule has 0 saturated carbocycles. The Morgan fingerprint density at radius 1 is 0.485 bits per heavy atom. The van der Waals surface area contributed by atoms with Crippen LogP contribution in [0, 0.1) is 0 Å². The van der Waals surface area contributed by atoms with E-state index >= 15 is 0 Å². The van der Waals surface area contributed by atoms with Crippen molar-refractivity contribution < 1.29 is 0 Å². The predicted octanol–water partition coefficient (Wildman–Crippen LogP) is 8.98. The molecule has 1 heterocycles. The fourth-order valence-electron chi connectivity index (χ4n) is 3.86. The van der Waals surface area contributed by atoms with E-state index in [2.05, 4.69) is 146 Å². The quantitative estimate of drug-likeness (QED) is 0.298. The minimum absolute atomic E-state index is 1.19.